The lowest BCUT2D eigenvalue weighted by atomic mass is 10.1. The summed E-state index contributed by atoms with van der Waals surface area (Å²) in [6.07, 6.45) is 0. The van der Waals surface area contributed by atoms with Gasteiger partial charge in [-0.3, -0.25) is 19.8 Å². The molecule has 2 aromatic rings. The van der Waals surface area contributed by atoms with E-state index in [0.717, 1.165) is 11.3 Å². The van der Waals surface area contributed by atoms with Gasteiger partial charge in [-0.25, -0.2) is 0 Å². The van der Waals surface area contributed by atoms with E-state index in [4.69, 9.17) is 11.6 Å². The number of nitro groups is 1. The second-order valence-electron chi connectivity index (χ2n) is 4.75. The van der Waals surface area contributed by atoms with Crippen LogP contribution in [0.2, 0.25) is 5.02 Å². The lowest BCUT2D eigenvalue weighted by Gasteiger charge is -2.24. The zero-order valence-corrected chi connectivity index (χ0v) is 12.9. The Morgan fingerprint density at radius 2 is 1.77 bits per heavy atom. The molecule has 1 aliphatic rings. The highest BCUT2D eigenvalue weighted by atomic mass is 35.5. The van der Waals surface area contributed by atoms with Gasteiger partial charge in [0.05, 0.1) is 10.7 Å². The van der Waals surface area contributed by atoms with Gasteiger partial charge in [-0.1, -0.05) is 11.6 Å². The van der Waals surface area contributed by atoms with Crippen LogP contribution in [0.5, 0.6) is 0 Å². The molecule has 2 aromatic carbocycles. The average Bonchev–Trinajstić information content (AvgIpc) is 2.90. The van der Waals surface area contributed by atoms with Gasteiger partial charge in [0.2, 0.25) is 5.91 Å². The first-order valence-corrected chi connectivity index (χ1v) is 7.92. The number of carbonyl (C=O) groups is 1. The molecule has 5 nitrogen and oxygen atoms in total. The number of hydrogen-bond donors (Lipinski definition) is 0. The van der Waals surface area contributed by atoms with Gasteiger partial charge in [-0.2, -0.15) is 0 Å². The van der Waals surface area contributed by atoms with Gasteiger partial charge in [0, 0.05) is 22.8 Å². The maximum absolute atomic E-state index is 12.2. The Kier molecular flexibility index (Phi) is 4.04. The molecule has 1 aliphatic heterocycles. The molecule has 0 aliphatic carbocycles. The zero-order valence-electron chi connectivity index (χ0n) is 11.3. The Hall–Kier alpha value is -2.05. The summed E-state index contributed by atoms with van der Waals surface area (Å²) in [7, 11) is 0. The van der Waals surface area contributed by atoms with Crippen LogP contribution in [0.25, 0.3) is 0 Å². The van der Waals surface area contributed by atoms with E-state index < -0.39 is 4.92 Å². The number of halogens is 1. The summed E-state index contributed by atoms with van der Waals surface area (Å²) in [6, 6.07) is 13.4. The summed E-state index contributed by atoms with van der Waals surface area (Å²) in [6.45, 7) is 0. The maximum Gasteiger partial charge on any atom is 0.269 e. The van der Waals surface area contributed by atoms with E-state index in [9.17, 15) is 14.9 Å². The largest absolute Gasteiger partial charge is 0.295 e. The molecule has 112 valence electrons. The van der Waals surface area contributed by atoms with Crippen molar-refractivity contribution in [1.29, 1.82) is 0 Å². The van der Waals surface area contributed by atoms with Crippen LogP contribution in [0, 0.1) is 10.1 Å². The quantitative estimate of drug-likeness (QED) is 0.628. The molecule has 0 spiro atoms. The van der Waals surface area contributed by atoms with Crippen molar-refractivity contribution in [3.05, 3.63) is 69.2 Å². The van der Waals surface area contributed by atoms with E-state index in [2.05, 4.69) is 0 Å². The minimum Gasteiger partial charge on any atom is -0.295 e. The van der Waals surface area contributed by atoms with Crippen molar-refractivity contribution in [3.8, 4) is 0 Å². The molecule has 0 saturated carbocycles. The fourth-order valence-electron chi connectivity index (χ4n) is 2.31. The van der Waals surface area contributed by atoms with Gasteiger partial charge in [0.1, 0.15) is 5.37 Å². The molecule has 0 aromatic heterocycles. The first-order valence-electron chi connectivity index (χ1n) is 6.50. The number of nitro benzene ring substituents is 1. The summed E-state index contributed by atoms with van der Waals surface area (Å²) in [5.41, 5.74) is 1.66. The molecule has 1 amide bonds. The van der Waals surface area contributed by atoms with Gasteiger partial charge in [-0.15, -0.1) is 11.8 Å². The third-order valence-corrected chi connectivity index (χ3v) is 4.83. The molecule has 1 heterocycles. The van der Waals surface area contributed by atoms with Crippen molar-refractivity contribution >= 4 is 40.6 Å². The Bertz CT molecular complexity index is 719. The standard InChI is InChI=1S/C15H11ClN2O3S/c16-11-3-7-12(8-4-11)17-14(19)9-22-15(17)10-1-5-13(6-2-10)18(20)21/h1-8,15H,9H2/t15-/m1/s1. The number of benzene rings is 2. The smallest absolute Gasteiger partial charge is 0.269 e. The Labute approximate surface area is 136 Å². The van der Waals surface area contributed by atoms with E-state index in [0.29, 0.717) is 10.8 Å². The van der Waals surface area contributed by atoms with Crippen molar-refractivity contribution in [2.75, 3.05) is 10.7 Å². The Balaban J connectivity index is 1.93. The van der Waals surface area contributed by atoms with Crippen LogP contribution < -0.4 is 4.90 Å². The van der Waals surface area contributed by atoms with Gasteiger partial charge >= 0.3 is 0 Å². The van der Waals surface area contributed by atoms with Crippen molar-refractivity contribution in [1.82, 2.24) is 0 Å². The van der Waals surface area contributed by atoms with Crippen molar-refractivity contribution in [2.45, 2.75) is 5.37 Å². The Morgan fingerprint density at radius 3 is 2.36 bits per heavy atom. The van der Waals surface area contributed by atoms with Crippen LogP contribution >= 0.6 is 23.4 Å². The van der Waals surface area contributed by atoms with Gasteiger partial charge in [0.15, 0.2) is 0 Å². The second-order valence-corrected chi connectivity index (χ2v) is 6.26. The van der Waals surface area contributed by atoms with Crippen molar-refractivity contribution < 1.29 is 9.72 Å². The molecule has 22 heavy (non-hydrogen) atoms. The summed E-state index contributed by atoms with van der Waals surface area (Å²) < 4.78 is 0. The number of anilines is 1. The molecule has 0 unspecified atom stereocenters. The number of hydrogen-bond acceptors (Lipinski definition) is 4. The highest BCUT2D eigenvalue weighted by molar-refractivity contribution is 8.00. The summed E-state index contributed by atoms with van der Waals surface area (Å²) in [5.74, 6) is 0.389. The van der Waals surface area contributed by atoms with Crippen molar-refractivity contribution in [3.63, 3.8) is 0 Å². The molecule has 0 radical (unpaired) electrons. The highest BCUT2D eigenvalue weighted by Gasteiger charge is 2.34. The zero-order chi connectivity index (χ0) is 15.7. The fraction of sp³-hybridized carbons (Fsp3) is 0.133. The highest BCUT2D eigenvalue weighted by Crippen LogP contribution is 2.42. The van der Waals surface area contributed by atoms with E-state index in [1.54, 1.807) is 41.3 Å². The van der Waals surface area contributed by atoms with E-state index in [-0.39, 0.29) is 17.0 Å². The third-order valence-electron chi connectivity index (χ3n) is 3.36. The number of carbonyl (C=O) groups excluding carboxylic acids is 1. The molecular formula is C15H11ClN2O3S. The predicted molar refractivity (Wildman–Crippen MR) is 87.2 cm³/mol. The summed E-state index contributed by atoms with van der Waals surface area (Å²) in [5, 5.41) is 11.1. The minimum atomic E-state index is -0.437. The molecule has 1 fully saturated rings. The van der Waals surface area contributed by atoms with Gasteiger partial charge < -0.3 is 0 Å². The number of nitrogens with zero attached hydrogens (tertiary/aromatic N) is 2. The van der Waals surface area contributed by atoms with Crippen LogP contribution in [-0.2, 0) is 4.79 Å². The average molecular weight is 335 g/mol. The fourth-order valence-corrected chi connectivity index (χ4v) is 3.62. The van der Waals surface area contributed by atoms with E-state index in [1.807, 2.05) is 0 Å². The molecule has 1 saturated heterocycles. The molecule has 3 rings (SSSR count). The second kappa shape index (κ2) is 5.98. The number of amides is 1. The van der Waals surface area contributed by atoms with E-state index >= 15 is 0 Å². The number of non-ortho nitro benzene ring substituents is 1. The van der Waals surface area contributed by atoms with E-state index in [1.165, 1.54) is 23.9 Å². The molecule has 0 bridgehead atoms. The summed E-state index contributed by atoms with van der Waals surface area (Å²) >= 11 is 7.38. The first-order chi connectivity index (χ1) is 10.6. The van der Waals surface area contributed by atoms with Crippen molar-refractivity contribution in [2.24, 2.45) is 0 Å². The lowest BCUT2D eigenvalue weighted by molar-refractivity contribution is -0.384. The lowest BCUT2D eigenvalue weighted by Crippen LogP contribution is -2.27. The molecule has 0 N–H and O–H groups in total. The monoisotopic (exact) mass is 334 g/mol. The van der Waals surface area contributed by atoms with Gasteiger partial charge in [0.25, 0.3) is 5.69 Å². The SMILES string of the molecule is O=C1CS[C@H](c2ccc([N+](=O)[O-])cc2)N1c1ccc(Cl)cc1. The number of thioether (sulfide) groups is 1. The van der Waals surface area contributed by atoms with Crippen LogP contribution in [0.15, 0.2) is 48.5 Å². The maximum atomic E-state index is 12.2. The molecule has 1 atom stereocenters. The number of rotatable bonds is 3. The molecular weight excluding hydrogens is 324 g/mol. The van der Waals surface area contributed by atoms with Crippen LogP contribution in [0.3, 0.4) is 0 Å². The third kappa shape index (κ3) is 2.80. The Morgan fingerprint density at radius 1 is 1.14 bits per heavy atom. The summed E-state index contributed by atoms with van der Waals surface area (Å²) in [4.78, 5) is 24.2. The first kappa shape index (κ1) is 14.9. The minimum absolute atomic E-state index is 0.00988. The van der Waals surface area contributed by atoms with Crippen LogP contribution in [-0.4, -0.2) is 16.6 Å². The predicted octanol–water partition coefficient (Wildman–Crippen LogP) is 4.03. The molecule has 7 heteroatoms. The van der Waals surface area contributed by atoms with Crippen LogP contribution in [0.1, 0.15) is 10.9 Å². The topological polar surface area (TPSA) is 63.4 Å². The van der Waals surface area contributed by atoms with Gasteiger partial charge in [-0.05, 0) is 42.0 Å². The van der Waals surface area contributed by atoms with Crippen LogP contribution in [0.4, 0.5) is 11.4 Å². The normalized spacial score (nSPS) is 17.8.